The van der Waals surface area contributed by atoms with Gasteiger partial charge in [-0.05, 0) is 92.6 Å². The molecule has 1 aliphatic heterocycles. The lowest BCUT2D eigenvalue weighted by atomic mass is 9.89. The van der Waals surface area contributed by atoms with Crippen LogP contribution in [0.5, 0.6) is 5.75 Å². The van der Waals surface area contributed by atoms with E-state index in [1.165, 1.54) is 0 Å². The number of carbonyl (C=O) groups excluding carboxylic acids is 1. The molecule has 3 heterocycles. The van der Waals surface area contributed by atoms with E-state index in [1.807, 2.05) is 54.0 Å². The molecule has 1 amide bonds. The highest BCUT2D eigenvalue weighted by molar-refractivity contribution is 5.89. The zero-order valence-corrected chi connectivity index (χ0v) is 25.6. The number of nitrogens with one attached hydrogen (secondary N) is 1. The van der Waals surface area contributed by atoms with Crippen molar-refractivity contribution in [2.24, 2.45) is 7.05 Å². The Morgan fingerprint density at radius 2 is 1.82 bits per heavy atom. The average molecular weight is 597 g/mol. The van der Waals surface area contributed by atoms with Crippen LogP contribution < -0.4 is 5.32 Å². The molecule has 3 aliphatic carbocycles. The molecule has 0 radical (unpaired) electrons. The lowest BCUT2D eigenvalue weighted by Gasteiger charge is -2.39. The van der Waals surface area contributed by atoms with E-state index >= 15 is 0 Å². The molecule has 4 aliphatic rings. The molecule has 7 rings (SSSR count). The van der Waals surface area contributed by atoms with E-state index in [9.17, 15) is 9.90 Å². The predicted octanol–water partition coefficient (Wildman–Crippen LogP) is 5.14. The second-order valence-corrected chi connectivity index (χ2v) is 13.1. The van der Waals surface area contributed by atoms with Gasteiger partial charge in [0.1, 0.15) is 17.0 Å². The van der Waals surface area contributed by atoms with Gasteiger partial charge in [0.15, 0.2) is 5.88 Å². The van der Waals surface area contributed by atoms with Crippen LogP contribution in [0.4, 0.5) is 4.79 Å². The third-order valence-corrected chi connectivity index (χ3v) is 9.40. The smallest absolute Gasteiger partial charge is 0.410 e. The first-order valence-electron chi connectivity index (χ1n) is 15.4. The summed E-state index contributed by atoms with van der Waals surface area (Å²) in [6, 6.07) is 9.05. The maximum atomic E-state index is 12.9. The van der Waals surface area contributed by atoms with Crippen molar-refractivity contribution >= 4 is 17.7 Å². The molecule has 1 unspecified atom stereocenters. The fraction of sp³-hybridized carbons (Fsp3) is 0.441. The summed E-state index contributed by atoms with van der Waals surface area (Å²) in [5.74, 6) is 0.673. The van der Waals surface area contributed by atoms with Gasteiger partial charge in [0.05, 0.1) is 36.0 Å². The maximum Gasteiger partial charge on any atom is 0.410 e. The monoisotopic (exact) mass is 596 g/mol. The molecule has 2 N–H and O–H groups in total. The summed E-state index contributed by atoms with van der Waals surface area (Å²) in [7, 11) is 1.97. The lowest BCUT2D eigenvalue weighted by Crippen LogP contribution is -2.50. The summed E-state index contributed by atoms with van der Waals surface area (Å²) in [6.07, 6.45) is 11.2. The zero-order chi connectivity index (χ0) is 30.6. The van der Waals surface area contributed by atoms with E-state index in [4.69, 9.17) is 14.5 Å². The van der Waals surface area contributed by atoms with Gasteiger partial charge < -0.3 is 29.4 Å². The van der Waals surface area contributed by atoms with E-state index in [0.717, 1.165) is 59.3 Å². The number of fused-ring (bicyclic) bond motifs is 2. The van der Waals surface area contributed by atoms with Gasteiger partial charge in [0.2, 0.25) is 0 Å². The molecule has 3 fully saturated rings. The number of imidazole rings is 1. The van der Waals surface area contributed by atoms with Crippen molar-refractivity contribution in [2.45, 2.75) is 62.8 Å². The van der Waals surface area contributed by atoms with Crippen molar-refractivity contribution in [2.75, 3.05) is 26.2 Å². The number of aryl methyl sites for hydroxylation is 1. The number of hydrogen-bond donors (Lipinski definition) is 2. The first-order valence-corrected chi connectivity index (χ1v) is 15.4. The van der Waals surface area contributed by atoms with Gasteiger partial charge in [0, 0.05) is 39.4 Å². The zero-order valence-electron chi connectivity index (χ0n) is 25.6. The number of benzene rings is 1. The molecule has 230 valence electrons. The minimum atomic E-state index is -0.375. The number of amides is 1. The molecule has 44 heavy (non-hydrogen) atoms. The molecule has 2 aromatic heterocycles. The summed E-state index contributed by atoms with van der Waals surface area (Å²) >= 11 is 0. The molecule has 3 aromatic rings. The summed E-state index contributed by atoms with van der Waals surface area (Å²) < 4.78 is 14.0. The Labute approximate surface area is 258 Å². The Morgan fingerprint density at radius 1 is 1.09 bits per heavy atom. The van der Waals surface area contributed by atoms with E-state index in [0.29, 0.717) is 32.1 Å². The van der Waals surface area contributed by atoms with Crippen LogP contribution in [0.2, 0.25) is 0 Å². The quantitative estimate of drug-likeness (QED) is 0.345. The second-order valence-electron chi connectivity index (χ2n) is 13.1. The highest BCUT2D eigenvalue weighted by atomic mass is 16.6. The van der Waals surface area contributed by atoms with Crippen LogP contribution in [-0.4, -0.2) is 72.9 Å². The van der Waals surface area contributed by atoms with Crippen molar-refractivity contribution in [1.82, 2.24) is 29.7 Å². The number of rotatable bonds is 8. The van der Waals surface area contributed by atoms with Crippen LogP contribution in [0, 0.1) is 0 Å². The fourth-order valence-corrected chi connectivity index (χ4v) is 6.25. The van der Waals surface area contributed by atoms with E-state index in [-0.39, 0.29) is 35.1 Å². The Kier molecular flexibility index (Phi) is 6.92. The summed E-state index contributed by atoms with van der Waals surface area (Å²) in [5, 5.41) is 14.4. The van der Waals surface area contributed by atoms with Crippen LogP contribution in [0.3, 0.4) is 0 Å². The number of ether oxygens (including phenoxy) is 2. The van der Waals surface area contributed by atoms with Gasteiger partial charge in [-0.3, -0.25) is 9.88 Å². The standard InChI is InChI=1S/C34H40N6O4/c1-22(43-33(2)9-10-33)37-30(28-20-35-21-38(28)4)27-18-23-6-5-13-36-29(23)31(25-8-7-24(41)19-26(25)27)39-14-16-40(17-15-39)32(42)44-34(3)11-12-34/h5-8,13,18-21,30-31,37,41H,1,9-12,14-17H2,2-4H3/t30?,31-/m0/s1. The molecule has 0 bridgehead atoms. The Bertz CT molecular complexity index is 1630. The largest absolute Gasteiger partial charge is 0.508 e. The van der Waals surface area contributed by atoms with Gasteiger partial charge >= 0.3 is 6.09 Å². The summed E-state index contributed by atoms with van der Waals surface area (Å²) in [5.41, 5.74) is 5.23. The van der Waals surface area contributed by atoms with Crippen molar-refractivity contribution in [3.63, 3.8) is 0 Å². The number of hydrogen-bond acceptors (Lipinski definition) is 8. The highest BCUT2D eigenvalue weighted by Crippen LogP contribution is 2.46. The third-order valence-electron chi connectivity index (χ3n) is 9.40. The number of aromatic hydroxyl groups is 1. The normalized spacial score (nSPS) is 22.0. The van der Waals surface area contributed by atoms with Crippen LogP contribution in [0.15, 0.2) is 61.5 Å². The van der Waals surface area contributed by atoms with Gasteiger partial charge in [-0.2, -0.15) is 0 Å². The molecule has 2 saturated carbocycles. The number of pyridine rings is 1. The van der Waals surface area contributed by atoms with Gasteiger partial charge in [0.25, 0.3) is 0 Å². The highest BCUT2D eigenvalue weighted by Gasteiger charge is 2.44. The molecular formula is C34H40N6O4. The molecule has 10 nitrogen and oxygen atoms in total. The molecule has 1 saturated heterocycles. The van der Waals surface area contributed by atoms with Crippen LogP contribution >= 0.6 is 0 Å². The lowest BCUT2D eigenvalue weighted by molar-refractivity contribution is 0.0380. The Balaban J connectivity index is 1.26. The molecule has 10 heteroatoms. The van der Waals surface area contributed by atoms with Crippen molar-refractivity contribution in [1.29, 1.82) is 0 Å². The number of piperazine rings is 1. The number of carbonyl (C=O) groups is 1. The minimum Gasteiger partial charge on any atom is -0.508 e. The third kappa shape index (κ3) is 5.54. The van der Waals surface area contributed by atoms with Crippen molar-refractivity contribution < 1.29 is 19.4 Å². The molecule has 1 aromatic carbocycles. The van der Waals surface area contributed by atoms with Crippen LogP contribution in [0.1, 0.15) is 79.7 Å². The fourth-order valence-electron chi connectivity index (χ4n) is 6.25. The number of phenolic OH excluding ortho intramolecular Hbond substituents is 1. The summed E-state index contributed by atoms with van der Waals surface area (Å²) in [4.78, 5) is 26.4. The Morgan fingerprint density at radius 3 is 2.50 bits per heavy atom. The first kappa shape index (κ1) is 28.5. The van der Waals surface area contributed by atoms with Gasteiger partial charge in [-0.15, -0.1) is 0 Å². The predicted molar refractivity (Wildman–Crippen MR) is 166 cm³/mol. The van der Waals surface area contributed by atoms with Crippen LogP contribution in [-0.2, 0) is 16.5 Å². The topological polar surface area (TPSA) is 105 Å². The second kappa shape index (κ2) is 10.7. The molecule has 0 spiro atoms. The molecule has 2 atom stereocenters. The van der Waals surface area contributed by atoms with Crippen LogP contribution in [0.25, 0.3) is 11.6 Å². The van der Waals surface area contributed by atoms with E-state index in [2.05, 4.69) is 40.8 Å². The van der Waals surface area contributed by atoms with Crippen molar-refractivity contribution in [3.05, 3.63) is 89.6 Å². The number of aromatic nitrogens is 3. The Hall–Kier alpha value is -4.31. The van der Waals surface area contributed by atoms with Crippen molar-refractivity contribution in [3.8, 4) is 5.75 Å². The minimum absolute atomic E-state index is 0.178. The SMILES string of the molecule is C=C(NC(C1=Cc2cccnc2[C@@H](N2CCN(C(=O)OC3(C)CC3)CC2)c2ccc(O)cc21)c1cncn1C)OC1(C)CC1. The van der Waals surface area contributed by atoms with Gasteiger partial charge in [-0.1, -0.05) is 12.1 Å². The number of nitrogens with zero attached hydrogens (tertiary/aromatic N) is 5. The van der Waals surface area contributed by atoms with E-state index in [1.54, 1.807) is 12.4 Å². The first-order chi connectivity index (χ1) is 21.1. The number of phenols is 1. The average Bonchev–Trinajstić information content (AvgIpc) is 3.88. The molecular weight excluding hydrogens is 556 g/mol. The van der Waals surface area contributed by atoms with E-state index < -0.39 is 0 Å². The van der Waals surface area contributed by atoms with Gasteiger partial charge in [-0.25, -0.2) is 9.78 Å². The maximum absolute atomic E-state index is 12.9. The summed E-state index contributed by atoms with van der Waals surface area (Å²) in [6.45, 7) is 10.8.